The second-order valence-corrected chi connectivity index (χ2v) is 6.65. The summed E-state index contributed by atoms with van der Waals surface area (Å²) in [5.74, 6) is 0. The molecule has 2 atom stereocenters. The van der Waals surface area contributed by atoms with Crippen molar-refractivity contribution in [3.05, 3.63) is 16.1 Å². The van der Waals surface area contributed by atoms with Gasteiger partial charge in [-0.3, -0.25) is 0 Å². The summed E-state index contributed by atoms with van der Waals surface area (Å²) in [6, 6.07) is 1.25. The van der Waals surface area contributed by atoms with Crippen LogP contribution >= 0.6 is 11.3 Å². The highest BCUT2D eigenvalue weighted by atomic mass is 32.1. The van der Waals surface area contributed by atoms with Gasteiger partial charge in [-0.25, -0.2) is 4.98 Å². The van der Waals surface area contributed by atoms with Crippen LogP contribution in [-0.2, 0) is 12.8 Å². The Balaban J connectivity index is 1.89. The Morgan fingerprint density at radius 2 is 2.39 bits per heavy atom. The van der Waals surface area contributed by atoms with E-state index in [1.807, 2.05) is 18.4 Å². The molecule has 1 aromatic rings. The first kappa shape index (κ1) is 14.0. The Hall–Kier alpha value is -0.450. The monoisotopic (exact) mass is 267 g/mol. The number of rotatable bonds is 5. The minimum atomic E-state index is 0.538. The van der Waals surface area contributed by atoms with Crippen molar-refractivity contribution in [2.24, 2.45) is 0 Å². The van der Waals surface area contributed by atoms with Gasteiger partial charge in [-0.15, -0.1) is 11.3 Å². The van der Waals surface area contributed by atoms with Crippen molar-refractivity contribution in [2.75, 3.05) is 20.6 Å². The van der Waals surface area contributed by atoms with Crippen LogP contribution < -0.4 is 5.32 Å². The van der Waals surface area contributed by atoms with Gasteiger partial charge >= 0.3 is 0 Å². The zero-order valence-electron chi connectivity index (χ0n) is 11.8. The van der Waals surface area contributed by atoms with Crippen LogP contribution in [0.5, 0.6) is 0 Å². The van der Waals surface area contributed by atoms with E-state index in [2.05, 4.69) is 35.4 Å². The van der Waals surface area contributed by atoms with E-state index in [-0.39, 0.29) is 0 Å². The van der Waals surface area contributed by atoms with Crippen LogP contribution in [0.1, 0.15) is 36.1 Å². The number of aromatic nitrogens is 1. The molecule has 2 heterocycles. The average Bonchev–Trinajstić information content (AvgIpc) is 2.79. The molecule has 102 valence electrons. The highest BCUT2D eigenvalue weighted by Gasteiger charge is 2.20. The minimum absolute atomic E-state index is 0.538. The maximum absolute atomic E-state index is 4.60. The first-order valence-corrected chi connectivity index (χ1v) is 7.81. The van der Waals surface area contributed by atoms with Gasteiger partial charge in [-0.2, -0.15) is 0 Å². The molecule has 0 amide bonds. The van der Waals surface area contributed by atoms with Gasteiger partial charge < -0.3 is 10.2 Å². The fourth-order valence-corrected chi connectivity index (χ4v) is 3.67. The molecule has 1 aliphatic rings. The van der Waals surface area contributed by atoms with E-state index in [0.29, 0.717) is 12.1 Å². The number of likely N-dealkylation sites (N-methyl/N-ethyl adjacent to an activating group) is 2. The van der Waals surface area contributed by atoms with Gasteiger partial charge in [-0.1, -0.05) is 6.42 Å². The van der Waals surface area contributed by atoms with Gasteiger partial charge in [-0.05, 0) is 46.8 Å². The molecule has 1 aliphatic heterocycles. The molecule has 3 nitrogen and oxygen atoms in total. The standard InChI is InChI=1S/C14H25N3S/c1-11(15-2)8-13-10-16-14(18-13)9-12-6-4-5-7-17(12)3/h10-12,15H,4-9H2,1-3H3. The third-order valence-corrected chi connectivity index (χ3v) is 4.98. The van der Waals surface area contributed by atoms with Crippen LogP contribution in [-0.4, -0.2) is 42.6 Å². The Bertz CT molecular complexity index is 364. The van der Waals surface area contributed by atoms with Crippen molar-refractivity contribution in [1.29, 1.82) is 0 Å². The largest absolute Gasteiger partial charge is 0.317 e. The van der Waals surface area contributed by atoms with Crippen LogP contribution in [0.15, 0.2) is 6.20 Å². The Labute approximate surface area is 115 Å². The zero-order chi connectivity index (χ0) is 13.0. The lowest BCUT2D eigenvalue weighted by atomic mass is 10.0. The van der Waals surface area contributed by atoms with Crippen LogP contribution in [0, 0.1) is 0 Å². The SMILES string of the molecule is CNC(C)Cc1cnc(CC2CCCCN2C)s1. The minimum Gasteiger partial charge on any atom is -0.317 e. The summed E-state index contributed by atoms with van der Waals surface area (Å²) in [6.07, 6.45) is 8.36. The van der Waals surface area contributed by atoms with Gasteiger partial charge in [0, 0.05) is 29.6 Å². The molecule has 2 unspecified atom stereocenters. The molecule has 0 radical (unpaired) electrons. The highest BCUT2D eigenvalue weighted by Crippen LogP contribution is 2.22. The summed E-state index contributed by atoms with van der Waals surface area (Å²) < 4.78 is 0. The topological polar surface area (TPSA) is 28.2 Å². The lowest BCUT2D eigenvalue weighted by molar-refractivity contribution is 0.184. The maximum Gasteiger partial charge on any atom is 0.0943 e. The fourth-order valence-electron chi connectivity index (χ4n) is 2.54. The molecule has 1 N–H and O–H groups in total. The van der Waals surface area contributed by atoms with Crippen LogP contribution in [0.4, 0.5) is 0 Å². The highest BCUT2D eigenvalue weighted by molar-refractivity contribution is 7.11. The molecular weight excluding hydrogens is 242 g/mol. The van der Waals surface area contributed by atoms with Gasteiger partial charge in [0.1, 0.15) is 0 Å². The molecule has 1 saturated heterocycles. The maximum atomic E-state index is 4.60. The third kappa shape index (κ3) is 3.77. The summed E-state index contributed by atoms with van der Waals surface area (Å²) in [6.45, 7) is 3.47. The summed E-state index contributed by atoms with van der Waals surface area (Å²) in [7, 11) is 4.27. The summed E-state index contributed by atoms with van der Waals surface area (Å²) >= 11 is 1.89. The van der Waals surface area contributed by atoms with Gasteiger partial charge in [0.2, 0.25) is 0 Å². The van der Waals surface area contributed by atoms with Crippen molar-refractivity contribution in [3.63, 3.8) is 0 Å². The van der Waals surface area contributed by atoms with E-state index >= 15 is 0 Å². The molecule has 0 bridgehead atoms. The second-order valence-electron chi connectivity index (χ2n) is 5.45. The molecule has 0 aromatic carbocycles. The van der Waals surface area contributed by atoms with Gasteiger partial charge in [0.25, 0.3) is 0 Å². The predicted molar refractivity (Wildman–Crippen MR) is 78.3 cm³/mol. The zero-order valence-corrected chi connectivity index (χ0v) is 12.6. The molecule has 0 spiro atoms. The van der Waals surface area contributed by atoms with E-state index < -0.39 is 0 Å². The molecule has 18 heavy (non-hydrogen) atoms. The summed E-state index contributed by atoms with van der Waals surface area (Å²) in [4.78, 5) is 8.50. The number of hydrogen-bond donors (Lipinski definition) is 1. The number of nitrogens with zero attached hydrogens (tertiary/aromatic N) is 2. The molecule has 0 saturated carbocycles. The molecule has 0 aliphatic carbocycles. The summed E-state index contributed by atoms with van der Waals surface area (Å²) in [5, 5.41) is 4.59. The normalized spacial score (nSPS) is 23.2. The Kier molecular flexibility index (Phi) is 5.15. The molecule has 2 rings (SSSR count). The van der Waals surface area contributed by atoms with Gasteiger partial charge in [0.05, 0.1) is 5.01 Å². The van der Waals surface area contributed by atoms with E-state index in [4.69, 9.17) is 0 Å². The van der Waals surface area contributed by atoms with E-state index in [1.165, 1.54) is 35.7 Å². The van der Waals surface area contributed by atoms with Crippen molar-refractivity contribution in [1.82, 2.24) is 15.2 Å². The number of piperidine rings is 1. The van der Waals surface area contributed by atoms with Crippen molar-refractivity contribution in [2.45, 2.75) is 51.1 Å². The van der Waals surface area contributed by atoms with Crippen molar-refractivity contribution in [3.8, 4) is 0 Å². The summed E-state index contributed by atoms with van der Waals surface area (Å²) in [5.41, 5.74) is 0. The average molecular weight is 267 g/mol. The lowest BCUT2D eigenvalue weighted by Crippen LogP contribution is -2.37. The number of nitrogens with one attached hydrogen (secondary N) is 1. The third-order valence-electron chi connectivity index (χ3n) is 3.93. The smallest absolute Gasteiger partial charge is 0.0943 e. The lowest BCUT2D eigenvalue weighted by Gasteiger charge is -2.31. The van der Waals surface area contributed by atoms with Crippen LogP contribution in [0.3, 0.4) is 0 Å². The van der Waals surface area contributed by atoms with Crippen molar-refractivity contribution < 1.29 is 0 Å². The Morgan fingerprint density at radius 3 is 3.11 bits per heavy atom. The number of thiazole rings is 1. The van der Waals surface area contributed by atoms with Crippen molar-refractivity contribution >= 4 is 11.3 Å². The molecule has 1 fully saturated rings. The van der Waals surface area contributed by atoms with E-state index in [9.17, 15) is 0 Å². The van der Waals surface area contributed by atoms with Crippen LogP contribution in [0.25, 0.3) is 0 Å². The van der Waals surface area contributed by atoms with E-state index in [1.54, 1.807) is 0 Å². The second kappa shape index (κ2) is 6.64. The molecule has 4 heteroatoms. The van der Waals surface area contributed by atoms with Gasteiger partial charge in [0.15, 0.2) is 0 Å². The first-order chi connectivity index (χ1) is 8.69. The quantitative estimate of drug-likeness (QED) is 0.887. The molecular formula is C14H25N3S. The Morgan fingerprint density at radius 1 is 1.56 bits per heavy atom. The molecule has 1 aromatic heterocycles. The number of likely N-dealkylation sites (tertiary alicyclic amines) is 1. The first-order valence-electron chi connectivity index (χ1n) is 7.00. The van der Waals surface area contributed by atoms with E-state index in [0.717, 1.165) is 12.8 Å². The predicted octanol–water partition coefficient (Wildman–Crippen LogP) is 2.32. The van der Waals surface area contributed by atoms with Crippen LogP contribution in [0.2, 0.25) is 0 Å². The fraction of sp³-hybridized carbons (Fsp3) is 0.786. The number of hydrogen-bond acceptors (Lipinski definition) is 4.